The van der Waals surface area contributed by atoms with Crippen molar-refractivity contribution in [2.75, 3.05) is 0 Å². The largest absolute Gasteiger partial charge is 0.349 e. The highest BCUT2D eigenvalue weighted by Gasteiger charge is 2.31. The molecule has 0 aromatic carbocycles. The van der Waals surface area contributed by atoms with Gasteiger partial charge in [-0.3, -0.25) is 4.79 Å². The molecule has 0 aromatic heterocycles. The van der Waals surface area contributed by atoms with Crippen LogP contribution >= 0.6 is 0 Å². The highest BCUT2D eigenvalue weighted by Crippen LogP contribution is 2.17. The number of hydrogen-bond acceptors (Lipinski definition) is 1. The Morgan fingerprint density at radius 2 is 1.64 bits per heavy atom. The first-order chi connectivity index (χ1) is 4.76. The van der Waals surface area contributed by atoms with Gasteiger partial charge in [0.15, 0.2) is 5.78 Å². The molecule has 0 bridgehead atoms. The number of carbonyl (C=O) groups is 1. The fraction of sp³-hybridized carbons (Fsp3) is 0.889. The molecule has 0 fully saturated rings. The van der Waals surface area contributed by atoms with Gasteiger partial charge in [0.25, 0.3) is 0 Å². The third kappa shape index (κ3) is 3.02. The van der Waals surface area contributed by atoms with Crippen LogP contribution < -0.4 is 5.73 Å². The quantitative estimate of drug-likeness (QED) is 0.636. The molecule has 2 nitrogen and oxygen atoms in total. The highest BCUT2D eigenvalue weighted by atomic mass is 16.1. The lowest BCUT2D eigenvalue weighted by Crippen LogP contribution is -2.69. The van der Waals surface area contributed by atoms with E-state index in [0.717, 1.165) is 0 Å². The number of rotatable bonds is 2. The van der Waals surface area contributed by atoms with Crippen molar-refractivity contribution < 1.29 is 10.5 Å². The Labute approximate surface area is 69.2 Å². The lowest BCUT2D eigenvalue weighted by Gasteiger charge is -2.21. The second kappa shape index (κ2) is 3.35. The van der Waals surface area contributed by atoms with E-state index in [1.165, 1.54) is 0 Å². The van der Waals surface area contributed by atoms with Gasteiger partial charge >= 0.3 is 0 Å². The summed E-state index contributed by atoms with van der Waals surface area (Å²) in [5, 5.41) is 0. The zero-order valence-electron chi connectivity index (χ0n) is 8.27. The number of quaternary nitrogens is 1. The van der Waals surface area contributed by atoms with E-state index in [-0.39, 0.29) is 17.2 Å². The van der Waals surface area contributed by atoms with Crippen LogP contribution in [0.3, 0.4) is 0 Å². The lowest BCUT2D eigenvalue weighted by molar-refractivity contribution is -0.415. The Hall–Kier alpha value is -0.370. The second-order valence-electron chi connectivity index (χ2n) is 4.46. The molecule has 1 unspecified atom stereocenters. The molecule has 0 saturated carbocycles. The van der Waals surface area contributed by atoms with Crippen LogP contribution in [0.1, 0.15) is 34.6 Å². The van der Waals surface area contributed by atoms with Crippen molar-refractivity contribution in [2.45, 2.75) is 40.7 Å². The van der Waals surface area contributed by atoms with Crippen LogP contribution in [0, 0.1) is 11.3 Å². The van der Waals surface area contributed by atoms with Crippen molar-refractivity contribution in [1.29, 1.82) is 0 Å². The Balaban J connectivity index is 4.26. The first kappa shape index (κ1) is 10.6. The monoisotopic (exact) mass is 158 g/mol. The lowest BCUT2D eigenvalue weighted by atomic mass is 9.83. The van der Waals surface area contributed by atoms with E-state index < -0.39 is 0 Å². The average Bonchev–Trinajstić information content (AvgIpc) is 1.82. The van der Waals surface area contributed by atoms with Gasteiger partial charge in [0.2, 0.25) is 0 Å². The summed E-state index contributed by atoms with van der Waals surface area (Å²) in [6.45, 7) is 9.88. The maximum absolute atomic E-state index is 11.5. The first-order valence-electron chi connectivity index (χ1n) is 4.14. The van der Waals surface area contributed by atoms with Gasteiger partial charge in [-0.1, -0.05) is 34.6 Å². The van der Waals surface area contributed by atoms with Crippen molar-refractivity contribution in [3.8, 4) is 0 Å². The summed E-state index contributed by atoms with van der Waals surface area (Å²) >= 11 is 0. The summed E-state index contributed by atoms with van der Waals surface area (Å²) in [5.41, 5.74) is 3.61. The van der Waals surface area contributed by atoms with E-state index in [0.29, 0.717) is 5.92 Å². The Kier molecular flexibility index (Phi) is 3.24. The van der Waals surface area contributed by atoms with E-state index in [1.54, 1.807) is 0 Å². The summed E-state index contributed by atoms with van der Waals surface area (Å²) in [4.78, 5) is 11.5. The van der Waals surface area contributed by atoms with Crippen LogP contribution in [0.25, 0.3) is 0 Å². The molecule has 66 valence electrons. The molecule has 0 heterocycles. The SMILES string of the molecule is CC(C)C([NH3+])C(=O)C(C)(C)C. The Morgan fingerprint density at radius 1 is 1.27 bits per heavy atom. The first-order valence-corrected chi connectivity index (χ1v) is 4.14. The minimum atomic E-state index is -0.239. The molecule has 11 heavy (non-hydrogen) atoms. The van der Waals surface area contributed by atoms with Gasteiger partial charge < -0.3 is 5.73 Å². The molecule has 0 saturated heterocycles. The minimum Gasteiger partial charge on any atom is -0.349 e. The number of ketones is 1. The molecule has 0 aliphatic carbocycles. The van der Waals surface area contributed by atoms with Gasteiger partial charge in [-0.15, -0.1) is 0 Å². The van der Waals surface area contributed by atoms with Crippen LogP contribution in [0.5, 0.6) is 0 Å². The van der Waals surface area contributed by atoms with Crippen LogP contribution in [0.2, 0.25) is 0 Å². The van der Waals surface area contributed by atoms with E-state index in [4.69, 9.17) is 0 Å². The molecule has 0 spiro atoms. The third-order valence-corrected chi connectivity index (χ3v) is 1.88. The molecule has 0 aromatic rings. The predicted molar refractivity (Wildman–Crippen MR) is 46.0 cm³/mol. The minimum absolute atomic E-state index is 0.0602. The van der Waals surface area contributed by atoms with Gasteiger partial charge in [-0.2, -0.15) is 0 Å². The van der Waals surface area contributed by atoms with Crippen molar-refractivity contribution in [3.05, 3.63) is 0 Å². The van der Waals surface area contributed by atoms with Crippen molar-refractivity contribution >= 4 is 5.78 Å². The van der Waals surface area contributed by atoms with Gasteiger partial charge in [0.05, 0.1) is 0 Å². The summed E-state index contributed by atoms with van der Waals surface area (Å²) in [6, 6.07) is -0.0602. The Bertz CT molecular complexity index is 144. The standard InChI is InChI=1S/C9H19NO/c1-6(2)7(10)8(11)9(3,4)5/h6-7H,10H2,1-5H3/p+1. The molecule has 0 amide bonds. The van der Waals surface area contributed by atoms with Crippen molar-refractivity contribution in [3.63, 3.8) is 0 Å². The van der Waals surface area contributed by atoms with Crippen LogP contribution in [-0.2, 0) is 4.79 Å². The molecule has 0 aliphatic rings. The van der Waals surface area contributed by atoms with Gasteiger partial charge in [0.1, 0.15) is 6.04 Å². The van der Waals surface area contributed by atoms with E-state index in [9.17, 15) is 4.79 Å². The fourth-order valence-electron chi connectivity index (χ4n) is 0.859. The predicted octanol–water partition coefficient (Wildman–Crippen LogP) is 0.868. The van der Waals surface area contributed by atoms with Gasteiger partial charge in [0, 0.05) is 11.3 Å². The second-order valence-corrected chi connectivity index (χ2v) is 4.46. The summed E-state index contributed by atoms with van der Waals surface area (Å²) in [5.74, 6) is 0.606. The molecule has 0 aliphatic heterocycles. The van der Waals surface area contributed by atoms with Crippen molar-refractivity contribution in [1.82, 2.24) is 0 Å². The molecular formula is C9H20NO+. The average molecular weight is 158 g/mol. The van der Waals surface area contributed by atoms with Gasteiger partial charge in [-0.05, 0) is 0 Å². The Morgan fingerprint density at radius 3 is 1.73 bits per heavy atom. The third-order valence-electron chi connectivity index (χ3n) is 1.88. The topological polar surface area (TPSA) is 44.7 Å². The number of Topliss-reactive ketones (excluding diaryl/α,β-unsaturated/α-hetero) is 1. The normalized spacial score (nSPS) is 15.2. The number of hydrogen-bond donors (Lipinski definition) is 1. The highest BCUT2D eigenvalue weighted by molar-refractivity contribution is 5.87. The van der Waals surface area contributed by atoms with Gasteiger partial charge in [-0.25, -0.2) is 0 Å². The zero-order chi connectivity index (χ0) is 9.23. The molecule has 2 heteroatoms. The smallest absolute Gasteiger partial charge is 0.195 e. The van der Waals surface area contributed by atoms with E-state index in [2.05, 4.69) is 5.73 Å². The maximum atomic E-state index is 11.5. The van der Waals surface area contributed by atoms with Crippen LogP contribution in [0.4, 0.5) is 0 Å². The van der Waals surface area contributed by atoms with Crippen LogP contribution in [-0.4, -0.2) is 11.8 Å². The van der Waals surface area contributed by atoms with E-state index in [1.807, 2.05) is 34.6 Å². The zero-order valence-corrected chi connectivity index (χ0v) is 8.27. The summed E-state index contributed by atoms with van der Waals surface area (Å²) in [6.07, 6.45) is 0. The number of carbonyl (C=O) groups excluding carboxylic acids is 1. The molecule has 3 N–H and O–H groups in total. The van der Waals surface area contributed by atoms with E-state index >= 15 is 0 Å². The maximum Gasteiger partial charge on any atom is 0.195 e. The molecule has 1 atom stereocenters. The molecule has 0 rings (SSSR count). The summed E-state index contributed by atoms with van der Waals surface area (Å²) < 4.78 is 0. The molecule has 0 radical (unpaired) electrons. The van der Waals surface area contributed by atoms with Crippen molar-refractivity contribution in [2.24, 2.45) is 11.3 Å². The summed E-state index contributed by atoms with van der Waals surface area (Å²) in [7, 11) is 0. The molecular weight excluding hydrogens is 138 g/mol. The van der Waals surface area contributed by atoms with Crippen LogP contribution in [0.15, 0.2) is 0 Å². The fourth-order valence-corrected chi connectivity index (χ4v) is 0.859.